The molecule has 0 radical (unpaired) electrons. The normalized spacial score (nSPS) is 20.4. The van der Waals surface area contributed by atoms with Crippen molar-refractivity contribution in [2.24, 2.45) is 10.9 Å². The van der Waals surface area contributed by atoms with Crippen LogP contribution < -0.4 is 0 Å². The van der Waals surface area contributed by atoms with Gasteiger partial charge in [0, 0.05) is 11.6 Å². The number of rotatable bonds is 6. The Bertz CT molecular complexity index is 709. The summed E-state index contributed by atoms with van der Waals surface area (Å²) in [6, 6.07) is 21.9. The zero-order chi connectivity index (χ0) is 18.5. The van der Waals surface area contributed by atoms with Crippen LogP contribution in [0.3, 0.4) is 0 Å². The minimum absolute atomic E-state index is 0.116. The molecule has 26 heavy (non-hydrogen) atoms. The Balaban J connectivity index is 2.10. The van der Waals surface area contributed by atoms with E-state index in [9.17, 15) is 0 Å². The second kappa shape index (κ2) is 8.35. The van der Waals surface area contributed by atoms with Gasteiger partial charge in [-0.25, -0.2) is 0 Å². The van der Waals surface area contributed by atoms with Gasteiger partial charge in [-0.05, 0) is 30.9 Å². The van der Waals surface area contributed by atoms with E-state index in [4.69, 9.17) is 4.99 Å². The van der Waals surface area contributed by atoms with Crippen LogP contribution in [0.5, 0.6) is 0 Å². The fraction of sp³-hybridized carbons (Fsp3) is 0.375. The summed E-state index contributed by atoms with van der Waals surface area (Å²) >= 11 is 0. The number of hydrogen-bond donors (Lipinski definition) is 0. The van der Waals surface area contributed by atoms with Gasteiger partial charge in [-0.2, -0.15) is 0 Å². The summed E-state index contributed by atoms with van der Waals surface area (Å²) < 4.78 is 0. The molecule has 2 atom stereocenters. The van der Waals surface area contributed by atoms with Crippen LogP contribution in [0.25, 0.3) is 0 Å². The highest BCUT2D eigenvalue weighted by molar-refractivity contribution is 5.83. The summed E-state index contributed by atoms with van der Waals surface area (Å²) in [4.78, 5) is 7.46. The third-order valence-electron chi connectivity index (χ3n) is 5.41. The lowest BCUT2D eigenvalue weighted by molar-refractivity contribution is 0.297. The molecule has 0 fully saturated rings. The van der Waals surface area contributed by atoms with E-state index in [1.165, 1.54) is 16.8 Å². The first kappa shape index (κ1) is 18.4. The number of aliphatic imine (C=N–C) groups is 1. The third-order valence-corrected chi connectivity index (χ3v) is 5.41. The van der Waals surface area contributed by atoms with E-state index in [-0.39, 0.29) is 6.04 Å². The van der Waals surface area contributed by atoms with Crippen LogP contribution in [-0.2, 0) is 0 Å². The average molecular weight is 347 g/mol. The molecule has 2 nitrogen and oxygen atoms in total. The number of amidine groups is 1. The average Bonchev–Trinajstić information content (AvgIpc) is 2.68. The SMILES string of the molecule is C=C1C(CCC)C(CC)N=C(C)N1C(c1ccccc1)c1ccccc1. The second-order valence-electron chi connectivity index (χ2n) is 7.13. The molecule has 0 saturated carbocycles. The predicted octanol–water partition coefficient (Wildman–Crippen LogP) is 6.22. The molecular formula is C24H30N2. The molecule has 3 rings (SSSR count). The highest BCUT2D eigenvalue weighted by Gasteiger charge is 2.35. The Morgan fingerprint density at radius 2 is 1.50 bits per heavy atom. The Kier molecular flexibility index (Phi) is 5.92. The van der Waals surface area contributed by atoms with Crippen LogP contribution in [0.4, 0.5) is 0 Å². The van der Waals surface area contributed by atoms with Crippen LogP contribution in [0.1, 0.15) is 57.2 Å². The predicted molar refractivity (Wildman–Crippen MR) is 111 cm³/mol. The highest BCUT2D eigenvalue weighted by Crippen LogP contribution is 2.39. The lowest BCUT2D eigenvalue weighted by Gasteiger charge is -2.43. The molecule has 0 amide bonds. The molecular weight excluding hydrogens is 316 g/mol. The van der Waals surface area contributed by atoms with Gasteiger partial charge < -0.3 is 4.90 Å². The minimum Gasteiger partial charge on any atom is -0.323 e. The van der Waals surface area contributed by atoms with Crippen molar-refractivity contribution in [2.75, 3.05) is 0 Å². The van der Waals surface area contributed by atoms with Crippen LogP contribution >= 0.6 is 0 Å². The third kappa shape index (κ3) is 3.60. The summed E-state index contributed by atoms with van der Waals surface area (Å²) in [6.07, 6.45) is 3.36. The van der Waals surface area contributed by atoms with Gasteiger partial charge >= 0.3 is 0 Å². The van der Waals surface area contributed by atoms with E-state index in [2.05, 4.69) is 92.9 Å². The second-order valence-corrected chi connectivity index (χ2v) is 7.13. The minimum atomic E-state index is 0.116. The molecule has 0 bridgehead atoms. The maximum atomic E-state index is 5.09. The van der Waals surface area contributed by atoms with Crippen LogP contribution in [0.15, 0.2) is 77.9 Å². The van der Waals surface area contributed by atoms with Crippen molar-refractivity contribution < 1.29 is 0 Å². The molecule has 0 aromatic heterocycles. The summed E-state index contributed by atoms with van der Waals surface area (Å²) in [6.45, 7) is 11.2. The number of hydrogen-bond acceptors (Lipinski definition) is 2. The molecule has 1 aliphatic rings. The maximum Gasteiger partial charge on any atom is 0.101 e. The molecule has 136 valence electrons. The van der Waals surface area contributed by atoms with Gasteiger partial charge in [0.15, 0.2) is 0 Å². The van der Waals surface area contributed by atoms with Crippen LogP contribution in [0.2, 0.25) is 0 Å². The zero-order valence-corrected chi connectivity index (χ0v) is 16.2. The van der Waals surface area contributed by atoms with Crippen LogP contribution in [-0.4, -0.2) is 16.8 Å². The van der Waals surface area contributed by atoms with E-state index < -0.39 is 0 Å². The molecule has 2 heteroatoms. The number of benzene rings is 2. The fourth-order valence-corrected chi connectivity index (χ4v) is 4.16. The van der Waals surface area contributed by atoms with Gasteiger partial charge in [-0.3, -0.25) is 4.99 Å². The molecule has 2 aromatic carbocycles. The van der Waals surface area contributed by atoms with Crippen molar-refractivity contribution in [3.05, 3.63) is 84.1 Å². The Morgan fingerprint density at radius 3 is 1.96 bits per heavy atom. The Hall–Kier alpha value is -2.35. The zero-order valence-electron chi connectivity index (χ0n) is 16.2. The topological polar surface area (TPSA) is 15.6 Å². The summed E-state index contributed by atoms with van der Waals surface area (Å²) in [7, 11) is 0. The lowest BCUT2D eigenvalue weighted by Crippen LogP contribution is -2.43. The Morgan fingerprint density at radius 1 is 0.962 bits per heavy atom. The van der Waals surface area contributed by atoms with Crippen molar-refractivity contribution >= 4 is 5.84 Å². The largest absolute Gasteiger partial charge is 0.323 e. The molecule has 0 N–H and O–H groups in total. The van der Waals surface area contributed by atoms with Crippen LogP contribution in [0, 0.1) is 5.92 Å². The van der Waals surface area contributed by atoms with Crippen molar-refractivity contribution in [1.82, 2.24) is 4.90 Å². The van der Waals surface area contributed by atoms with Gasteiger partial charge in [-0.15, -0.1) is 0 Å². The molecule has 0 saturated heterocycles. The summed E-state index contributed by atoms with van der Waals surface area (Å²) in [5.41, 5.74) is 3.77. The Labute approximate surface area is 158 Å². The summed E-state index contributed by atoms with van der Waals surface area (Å²) in [5.74, 6) is 1.50. The fourth-order valence-electron chi connectivity index (χ4n) is 4.16. The molecule has 1 aliphatic heterocycles. The van der Waals surface area contributed by atoms with Crippen molar-refractivity contribution in [3.63, 3.8) is 0 Å². The molecule has 0 aliphatic carbocycles. The first-order valence-corrected chi connectivity index (χ1v) is 9.79. The van der Waals surface area contributed by atoms with E-state index in [1.807, 2.05) is 0 Å². The lowest BCUT2D eigenvalue weighted by atomic mass is 9.86. The van der Waals surface area contributed by atoms with Gasteiger partial charge in [0.25, 0.3) is 0 Å². The van der Waals surface area contributed by atoms with Gasteiger partial charge in [0.1, 0.15) is 5.84 Å². The first-order chi connectivity index (χ1) is 12.7. The highest BCUT2D eigenvalue weighted by atomic mass is 15.3. The van der Waals surface area contributed by atoms with Crippen molar-refractivity contribution in [1.29, 1.82) is 0 Å². The van der Waals surface area contributed by atoms with Crippen molar-refractivity contribution in [2.45, 2.75) is 52.1 Å². The van der Waals surface area contributed by atoms with E-state index in [0.29, 0.717) is 12.0 Å². The first-order valence-electron chi connectivity index (χ1n) is 9.79. The number of nitrogens with zero attached hydrogens (tertiary/aromatic N) is 2. The van der Waals surface area contributed by atoms with Gasteiger partial charge in [-0.1, -0.05) is 87.5 Å². The maximum absolute atomic E-state index is 5.09. The monoisotopic (exact) mass is 346 g/mol. The summed E-state index contributed by atoms with van der Waals surface area (Å²) in [5, 5.41) is 0. The quantitative estimate of drug-likeness (QED) is 0.606. The van der Waals surface area contributed by atoms with E-state index >= 15 is 0 Å². The van der Waals surface area contributed by atoms with E-state index in [0.717, 1.165) is 25.1 Å². The smallest absolute Gasteiger partial charge is 0.101 e. The standard InChI is InChI=1S/C24H30N2/c1-5-13-22-18(3)26(19(4)25-23(22)6-2)24(20-14-9-7-10-15-20)21-16-11-8-12-17-21/h7-12,14-17,22-24H,3,5-6,13H2,1-2,4H3. The molecule has 2 aromatic rings. The van der Waals surface area contributed by atoms with Crippen molar-refractivity contribution in [3.8, 4) is 0 Å². The molecule has 1 heterocycles. The molecule has 0 spiro atoms. The van der Waals surface area contributed by atoms with E-state index in [1.54, 1.807) is 0 Å². The molecule has 2 unspecified atom stereocenters. The van der Waals surface area contributed by atoms with Gasteiger partial charge in [0.05, 0.1) is 12.1 Å². The van der Waals surface area contributed by atoms with Gasteiger partial charge in [0.2, 0.25) is 0 Å².